The molecule has 0 aliphatic heterocycles. The Hall–Kier alpha value is -0.980. The molecule has 1 aromatic carbocycles. The zero-order valence-corrected chi connectivity index (χ0v) is 13.3. The Balaban J connectivity index is 3.16. The largest absolute Gasteiger partial charge is 0.316 e. The lowest BCUT2D eigenvalue weighted by Gasteiger charge is -2.16. The minimum Gasteiger partial charge on any atom is -0.316 e. The first-order valence-corrected chi connectivity index (χ1v) is 8.26. The van der Waals surface area contributed by atoms with Crippen molar-refractivity contribution < 1.29 is 12.8 Å². The maximum absolute atomic E-state index is 13.9. The molecule has 0 radical (unpaired) electrons. The molecule has 6 heteroatoms. The van der Waals surface area contributed by atoms with Crippen molar-refractivity contribution in [2.75, 3.05) is 7.05 Å². The highest BCUT2D eigenvalue weighted by Gasteiger charge is 2.21. The molecule has 1 atom stereocenters. The van der Waals surface area contributed by atoms with Gasteiger partial charge >= 0.3 is 0 Å². The van der Waals surface area contributed by atoms with Crippen LogP contribution in [0.3, 0.4) is 0 Å². The van der Waals surface area contributed by atoms with Gasteiger partial charge in [0.05, 0.1) is 4.90 Å². The van der Waals surface area contributed by atoms with Crippen molar-refractivity contribution in [1.29, 1.82) is 0 Å². The van der Waals surface area contributed by atoms with E-state index < -0.39 is 15.8 Å². The van der Waals surface area contributed by atoms with E-state index in [1.807, 2.05) is 13.8 Å². The van der Waals surface area contributed by atoms with Crippen LogP contribution in [0.1, 0.15) is 37.8 Å². The van der Waals surface area contributed by atoms with E-state index in [9.17, 15) is 12.8 Å². The van der Waals surface area contributed by atoms with Gasteiger partial charge in [0, 0.05) is 18.2 Å². The molecule has 1 unspecified atom stereocenters. The Bertz CT molecular complexity index is 559. The van der Waals surface area contributed by atoms with E-state index in [1.165, 1.54) is 19.1 Å². The summed E-state index contributed by atoms with van der Waals surface area (Å²) in [5.41, 5.74) is 0.764. The smallest absolute Gasteiger partial charge is 0.241 e. The van der Waals surface area contributed by atoms with Crippen LogP contribution in [0.4, 0.5) is 4.39 Å². The van der Waals surface area contributed by atoms with Crippen LogP contribution in [0.25, 0.3) is 0 Å². The van der Waals surface area contributed by atoms with Gasteiger partial charge in [0.25, 0.3) is 0 Å². The Labute approximate surface area is 120 Å². The predicted octanol–water partition coefficient (Wildman–Crippen LogP) is 2.32. The van der Waals surface area contributed by atoms with Crippen molar-refractivity contribution in [3.8, 4) is 0 Å². The maximum Gasteiger partial charge on any atom is 0.241 e. The molecule has 0 amide bonds. The van der Waals surface area contributed by atoms with Crippen LogP contribution in [0.5, 0.6) is 0 Å². The molecule has 0 aliphatic rings. The van der Waals surface area contributed by atoms with E-state index in [4.69, 9.17) is 0 Å². The molecule has 1 rings (SSSR count). The fourth-order valence-corrected chi connectivity index (χ4v) is 3.69. The van der Waals surface area contributed by atoms with Crippen LogP contribution in [0.15, 0.2) is 17.0 Å². The first-order valence-electron chi connectivity index (χ1n) is 6.77. The Morgan fingerprint density at radius 1 is 1.35 bits per heavy atom. The molecular weight excluding hydrogens is 279 g/mol. The number of hydrogen-bond acceptors (Lipinski definition) is 3. The molecule has 0 fully saturated rings. The van der Waals surface area contributed by atoms with Crippen LogP contribution in [0.2, 0.25) is 0 Å². The third-order valence-electron chi connectivity index (χ3n) is 3.10. The van der Waals surface area contributed by atoms with Gasteiger partial charge in [0.1, 0.15) is 5.82 Å². The second-order valence-electron chi connectivity index (χ2n) is 5.04. The van der Waals surface area contributed by atoms with E-state index in [2.05, 4.69) is 10.0 Å². The lowest BCUT2D eigenvalue weighted by atomic mass is 10.1. The highest BCUT2D eigenvalue weighted by Crippen LogP contribution is 2.21. The summed E-state index contributed by atoms with van der Waals surface area (Å²) in [6, 6.07) is 2.72. The molecule has 1 aromatic rings. The van der Waals surface area contributed by atoms with Crippen LogP contribution < -0.4 is 10.0 Å². The molecule has 114 valence electrons. The first kappa shape index (κ1) is 17.1. The number of halogens is 1. The number of nitrogens with one attached hydrogen (secondary N) is 2. The number of rotatable bonds is 7. The molecule has 2 N–H and O–H groups in total. The average molecular weight is 302 g/mol. The van der Waals surface area contributed by atoms with Gasteiger partial charge in [0.2, 0.25) is 10.0 Å². The quantitative estimate of drug-likeness (QED) is 0.812. The summed E-state index contributed by atoms with van der Waals surface area (Å²) in [5, 5.41) is 2.89. The van der Waals surface area contributed by atoms with Crippen molar-refractivity contribution in [3.05, 3.63) is 29.1 Å². The fraction of sp³-hybridized carbons (Fsp3) is 0.571. The molecule has 0 aliphatic carbocycles. The minimum atomic E-state index is -3.69. The summed E-state index contributed by atoms with van der Waals surface area (Å²) >= 11 is 0. The molecule has 0 heterocycles. The van der Waals surface area contributed by atoms with Gasteiger partial charge in [-0.05, 0) is 45.0 Å². The third-order valence-corrected chi connectivity index (χ3v) is 4.82. The summed E-state index contributed by atoms with van der Waals surface area (Å²) in [6.45, 7) is 5.70. The van der Waals surface area contributed by atoms with Crippen LogP contribution in [0, 0.1) is 12.7 Å². The van der Waals surface area contributed by atoms with Crippen molar-refractivity contribution in [1.82, 2.24) is 10.0 Å². The SMILES string of the molecule is CCCC(C)NS(=O)(=O)c1cc(CNC)cc(F)c1C. The summed E-state index contributed by atoms with van der Waals surface area (Å²) in [5.74, 6) is -0.499. The van der Waals surface area contributed by atoms with E-state index in [-0.39, 0.29) is 16.5 Å². The Kier molecular flexibility index (Phi) is 6.10. The van der Waals surface area contributed by atoms with E-state index in [1.54, 1.807) is 7.05 Å². The van der Waals surface area contributed by atoms with Crippen molar-refractivity contribution in [2.24, 2.45) is 0 Å². The van der Waals surface area contributed by atoms with Gasteiger partial charge < -0.3 is 5.32 Å². The number of hydrogen-bond donors (Lipinski definition) is 2. The maximum atomic E-state index is 13.9. The van der Waals surface area contributed by atoms with Gasteiger partial charge in [-0.25, -0.2) is 17.5 Å². The molecule has 0 saturated carbocycles. The average Bonchev–Trinajstić information content (AvgIpc) is 2.33. The normalized spacial score (nSPS) is 13.4. The third kappa shape index (κ3) is 4.26. The van der Waals surface area contributed by atoms with E-state index in [0.717, 1.165) is 12.8 Å². The zero-order valence-electron chi connectivity index (χ0n) is 12.5. The summed E-state index contributed by atoms with van der Waals surface area (Å²) in [6.07, 6.45) is 1.63. The highest BCUT2D eigenvalue weighted by molar-refractivity contribution is 7.89. The van der Waals surface area contributed by atoms with E-state index in [0.29, 0.717) is 12.1 Å². The molecule has 0 aromatic heterocycles. The lowest BCUT2D eigenvalue weighted by molar-refractivity contribution is 0.540. The fourth-order valence-electron chi connectivity index (χ4n) is 2.11. The summed E-state index contributed by atoms with van der Waals surface area (Å²) in [7, 11) is -1.96. The first-order chi connectivity index (χ1) is 9.31. The number of sulfonamides is 1. The molecule has 4 nitrogen and oxygen atoms in total. The van der Waals surface area contributed by atoms with Crippen molar-refractivity contribution in [2.45, 2.75) is 51.1 Å². The Morgan fingerprint density at radius 3 is 2.55 bits per heavy atom. The van der Waals surface area contributed by atoms with Gasteiger partial charge in [-0.15, -0.1) is 0 Å². The van der Waals surface area contributed by atoms with Crippen molar-refractivity contribution in [3.63, 3.8) is 0 Å². The van der Waals surface area contributed by atoms with Crippen LogP contribution in [-0.4, -0.2) is 21.5 Å². The monoisotopic (exact) mass is 302 g/mol. The topological polar surface area (TPSA) is 58.2 Å². The minimum absolute atomic E-state index is 0.0192. The molecule has 0 bridgehead atoms. The predicted molar refractivity (Wildman–Crippen MR) is 78.6 cm³/mol. The van der Waals surface area contributed by atoms with E-state index >= 15 is 0 Å². The van der Waals surface area contributed by atoms with Crippen LogP contribution in [-0.2, 0) is 16.6 Å². The second kappa shape index (κ2) is 7.15. The van der Waals surface area contributed by atoms with Gasteiger partial charge in [0.15, 0.2) is 0 Å². The standard InChI is InChI=1S/C14H23FN2O2S/c1-5-6-10(2)17-20(18,19)14-8-12(9-16-4)7-13(15)11(14)3/h7-8,10,16-17H,5-6,9H2,1-4H3. The number of benzene rings is 1. The molecule has 0 saturated heterocycles. The molecule has 20 heavy (non-hydrogen) atoms. The molecule has 0 spiro atoms. The van der Waals surface area contributed by atoms with Gasteiger partial charge in [-0.2, -0.15) is 0 Å². The van der Waals surface area contributed by atoms with Gasteiger partial charge in [-0.3, -0.25) is 0 Å². The second-order valence-corrected chi connectivity index (χ2v) is 6.72. The summed E-state index contributed by atoms with van der Waals surface area (Å²) in [4.78, 5) is 0.0192. The zero-order chi connectivity index (χ0) is 15.3. The Morgan fingerprint density at radius 2 is 2.00 bits per heavy atom. The lowest BCUT2D eigenvalue weighted by Crippen LogP contribution is -2.33. The highest BCUT2D eigenvalue weighted by atomic mass is 32.2. The van der Waals surface area contributed by atoms with Crippen LogP contribution >= 0.6 is 0 Å². The molecular formula is C14H23FN2O2S. The van der Waals surface area contributed by atoms with Gasteiger partial charge in [-0.1, -0.05) is 13.3 Å². The van der Waals surface area contributed by atoms with Crippen molar-refractivity contribution >= 4 is 10.0 Å². The summed E-state index contributed by atoms with van der Waals surface area (Å²) < 4.78 is 41.2.